The largest absolute Gasteiger partial charge is 0.467 e. The number of amides is 2. The van der Waals surface area contributed by atoms with Gasteiger partial charge in [0.25, 0.3) is 11.8 Å². The van der Waals surface area contributed by atoms with Crippen LogP contribution in [0.25, 0.3) is 0 Å². The van der Waals surface area contributed by atoms with E-state index in [9.17, 15) is 14.4 Å². The minimum Gasteiger partial charge on any atom is -0.467 e. The summed E-state index contributed by atoms with van der Waals surface area (Å²) < 4.78 is 10.6. The number of benzene rings is 2. The number of carbonyl (C=O) groups is 3. The van der Waals surface area contributed by atoms with Gasteiger partial charge >= 0.3 is 5.97 Å². The van der Waals surface area contributed by atoms with Crippen molar-refractivity contribution in [3.63, 3.8) is 0 Å². The lowest BCUT2D eigenvalue weighted by atomic mass is 10.1. The van der Waals surface area contributed by atoms with Crippen LogP contribution in [0, 0.1) is 6.92 Å². The van der Waals surface area contributed by atoms with E-state index >= 15 is 0 Å². The first kappa shape index (κ1) is 22.7. The van der Waals surface area contributed by atoms with Crippen molar-refractivity contribution in [2.75, 3.05) is 11.1 Å². The van der Waals surface area contributed by atoms with Crippen molar-refractivity contribution < 1.29 is 23.5 Å². The van der Waals surface area contributed by atoms with Gasteiger partial charge in [0.1, 0.15) is 5.76 Å². The van der Waals surface area contributed by atoms with Crippen LogP contribution in [0.4, 0.5) is 17.6 Å². The maximum Gasteiger partial charge on any atom is 0.338 e. The van der Waals surface area contributed by atoms with Crippen molar-refractivity contribution >= 4 is 35.4 Å². The minimum atomic E-state index is -0.713. The van der Waals surface area contributed by atoms with E-state index in [0.29, 0.717) is 5.76 Å². The van der Waals surface area contributed by atoms with E-state index in [0.717, 1.165) is 16.2 Å². The molecule has 0 atom stereocenters. The standard InChI is InChI=1S/C25H20N6O5/c1-14-5-2-3-7-19(14)27-25-29-20(28-24(26)30-25)13-36-23(34)15-8-9-17-18(11-15)22(33)31(21(17)32)12-16-6-4-10-35-16/h2-11H,12-13H2,1H3,(H3,26,27,28,29,30). The number of carbonyl (C=O) groups excluding carboxylic acids is 3. The molecule has 11 heteroatoms. The predicted molar refractivity (Wildman–Crippen MR) is 127 cm³/mol. The van der Waals surface area contributed by atoms with Gasteiger partial charge in [-0.2, -0.15) is 15.0 Å². The number of furan rings is 1. The van der Waals surface area contributed by atoms with Gasteiger partial charge in [0.05, 0.1) is 29.5 Å². The number of anilines is 3. The molecule has 36 heavy (non-hydrogen) atoms. The summed E-state index contributed by atoms with van der Waals surface area (Å²) in [4.78, 5) is 51.5. The third-order valence-electron chi connectivity index (χ3n) is 5.52. The van der Waals surface area contributed by atoms with Gasteiger partial charge in [0, 0.05) is 5.69 Å². The highest BCUT2D eigenvalue weighted by atomic mass is 16.5. The van der Waals surface area contributed by atoms with Crippen molar-refractivity contribution in [2.45, 2.75) is 20.1 Å². The van der Waals surface area contributed by atoms with Crippen LogP contribution >= 0.6 is 0 Å². The van der Waals surface area contributed by atoms with Crippen molar-refractivity contribution in [2.24, 2.45) is 0 Å². The first-order valence-corrected chi connectivity index (χ1v) is 10.9. The van der Waals surface area contributed by atoms with Gasteiger partial charge in [0.15, 0.2) is 12.4 Å². The van der Waals surface area contributed by atoms with Crippen molar-refractivity contribution in [3.05, 3.63) is 94.7 Å². The van der Waals surface area contributed by atoms with Crippen LogP contribution in [0.3, 0.4) is 0 Å². The van der Waals surface area contributed by atoms with E-state index < -0.39 is 17.8 Å². The highest BCUT2D eigenvalue weighted by Crippen LogP contribution is 2.26. The Hall–Kier alpha value is -5.06. The van der Waals surface area contributed by atoms with Crippen LogP contribution in [-0.2, 0) is 17.9 Å². The number of rotatable bonds is 7. The molecule has 4 aromatic rings. The first-order chi connectivity index (χ1) is 17.4. The average Bonchev–Trinajstić information content (AvgIpc) is 3.46. The molecular weight excluding hydrogens is 464 g/mol. The molecule has 3 N–H and O–H groups in total. The molecule has 0 radical (unpaired) electrons. The molecule has 2 aromatic heterocycles. The second-order valence-electron chi connectivity index (χ2n) is 7.99. The first-order valence-electron chi connectivity index (χ1n) is 10.9. The Morgan fingerprint density at radius 1 is 1.03 bits per heavy atom. The van der Waals surface area contributed by atoms with E-state index in [1.54, 1.807) is 12.1 Å². The molecule has 1 aliphatic heterocycles. The van der Waals surface area contributed by atoms with E-state index in [-0.39, 0.29) is 47.6 Å². The molecule has 0 aliphatic carbocycles. The van der Waals surface area contributed by atoms with Crippen molar-refractivity contribution in [1.82, 2.24) is 19.9 Å². The van der Waals surface area contributed by atoms with E-state index in [1.807, 2.05) is 31.2 Å². The number of para-hydroxylation sites is 1. The summed E-state index contributed by atoms with van der Waals surface area (Å²) in [5.74, 6) is -0.901. The monoisotopic (exact) mass is 484 g/mol. The van der Waals surface area contributed by atoms with Crippen LogP contribution in [0.2, 0.25) is 0 Å². The summed E-state index contributed by atoms with van der Waals surface area (Å²) in [7, 11) is 0. The van der Waals surface area contributed by atoms with Gasteiger partial charge in [-0.15, -0.1) is 0 Å². The summed E-state index contributed by atoms with van der Waals surface area (Å²) in [5, 5.41) is 3.07. The van der Waals surface area contributed by atoms with Crippen LogP contribution in [0.15, 0.2) is 65.3 Å². The molecular formula is C25H20N6O5. The number of imide groups is 1. The fourth-order valence-electron chi connectivity index (χ4n) is 3.73. The lowest BCUT2D eigenvalue weighted by Gasteiger charge is -2.11. The molecule has 0 unspecified atom stereocenters. The van der Waals surface area contributed by atoms with Crippen molar-refractivity contribution in [3.8, 4) is 0 Å². The smallest absolute Gasteiger partial charge is 0.338 e. The zero-order valence-corrected chi connectivity index (χ0v) is 19.1. The molecule has 0 bridgehead atoms. The zero-order chi connectivity index (χ0) is 25.2. The number of nitrogen functional groups attached to an aromatic ring is 1. The number of fused-ring (bicyclic) bond motifs is 1. The summed E-state index contributed by atoms with van der Waals surface area (Å²) in [5.41, 5.74) is 8.01. The van der Waals surface area contributed by atoms with Crippen molar-refractivity contribution in [1.29, 1.82) is 0 Å². The van der Waals surface area contributed by atoms with Gasteiger partial charge in [-0.1, -0.05) is 18.2 Å². The molecule has 5 rings (SSSR count). The quantitative estimate of drug-likeness (QED) is 0.295. The van der Waals surface area contributed by atoms with Crippen LogP contribution < -0.4 is 11.1 Å². The topological polar surface area (TPSA) is 154 Å². The number of aryl methyl sites for hydroxylation is 1. The van der Waals surface area contributed by atoms with Gasteiger partial charge in [-0.05, 0) is 48.9 Å². The van der Waals surface area contributed by atoms with Crippen LogP contribution in [0.5, 0.6) is 0 Å². The molecule has 1 aliphatic rings. The number of hydrogen-bond acceptors (Lipinski definition) is 10. The summed E-state index contributed by atoms with van der Waals surface area (Å²) >= 11 is 0. The van der Waals surface area contributed by atoms with E-state index in [4.69, 9.17) is 14.9 Å². The Bertz CT molecular complexity index is 1480. The van der Waals surface area contributed by atoms with Gasteiger partial charge in [-0.25, -0.2) is 4.79 Å². The molecule has 11 nitrogen and oxygen atoms in total. The molecule has 2 amide bonds. The average molecular weight is 484 g/mol. The second kappa shape index (κ2) is 9.29. The number of hydrogen-bond donors (Lipinski definition) is 2. The molecule has 2 aromatic carbocycles. The number of nitrogens with zero attached hydrogens (tertiary/aromatic N) is 4. The maximum absolute atomic E-state index is 12.8. The fourth-order valence-corrected chi connectivity index (χ4v) is 3.73. The van der Waals surface area contributed by atoms with Crippen LogP contribution in [0.1, 0.15) is 48.2 Å². The minimum absolute atomic E-state index is 0.00119. The molecule has 0 spiro atoms. The highest BCUT2D eigenvalue weighted by molar-refractivity contribution is 6.21. The molecule has 180 valence electrons. The summed E-state index contributed by atoms with van der Waals surface area (Å²) in [6.45, 7) is 1.65. The fraction of sp³-hybridized carbons (Fsp3) is 0.120. The molecule has 0 saturated heterocycles. The number of nitrogens with two attached hydrogens (primary N) is 1. The van der Waals surface area contributed by atoms with Gasteiger partial charge < -0.3 is 20.2 Å². The second-order valence-corrected chi connectivity index (χ2v) is 7.99. The third kappa shape index (κ3) is 4.49. The van der Waals surface area contributed by atoms with Gasteiger partial charge in [-0.3, -0.25) is 14.5 Å². The molecule has 0 fully saturated rings. The number of aromatic nitrogens is 3. The summed E-state index contributed by atoms with van der Waals surface area (Å²) in [6.07, 6.45) is 1.46. The van der Waals surface area contributed by atoms with Crippen LogP contribution in [-0.4, -0.2) is 37.6 Å². The molecule has 3 heterocycles. The Labute approximate surface area is 204 Å². The normalized spacial score (nSPS) is 12.5. The highest BCUT2D eigenvalue weighted by Gasteiger charge is 2.36. The zero-order valence-electron chi connectivity index (χ0n) is 19.1. The Morgan fingerprint density at radius 2 is 1.83 bits per heavy atom. The number of nitrogens with one attached hydrogen (secondary N) is 1. The predicted octanol–water partition coefficient (Wildman–Crippen LogP) is 3.25. The Kier molecular flexibility index (Phi) is 5.87. The lowest BCUT2D eigenvalue weighted by molar-refractivity contribution is 0.0461. The lowest BCUT2D eigenvalue weighted by Crippen LogP contribution is -2.28. The number of ether oxygens (including phenoxy) is 1. The SMILES string of the molecule is Cc1ccccc1Nc1nc(N)nc(COC(=O)c2ccc3c(c2)C(=O)N(Cc2ccco2)C3=O)n1. The summed E-state index contributed by atoms with van der Waals surface area (Å²) in [6, 6.07) is 15.1. The maximum atomic E-state index is 12.8. The number of esters is 1. The van der Waals surface area contributed by atoms with E-state index in [1.165, 1.54) is 24.5 Å². The Balaban J connectivity index is 1.28. The van der Waals surface area contributed by atoms with E-state index in [2.05, 4.69) is 20.3 Å². The third-order valence-corrected chi connectivity index (χ3v) is 5.52. The Morgan fingerprint density at radius 3 is 2.61 bits per heavy atom. The van der Waals surface area contributed by atoms with Gasteiger partial charge in [0.2, 0.25) is 11.9 Å². The molecule has 0 saturated carbocycles.